The molecule has 5 nitrogen and oxygen atoms in total. The molecule has 5 heteroatoms. The Kier molecular flexibility index (Phi) is 5.33. The van der Waals surface area contributed by atoms with Crippen LogP contribution in [0.4, 0.5) is 5.95 Å². The second-order valence-electron chi connectivity index (χ2n) is 7.02. The maximum absolute atomic E-state index is 12.6. The zero-order chi connectivity index (χ0) is 19.3. The van der Waals surface area contributed by atoms with Gasteiger partial charge in [-0.1, -0.05) is 42.5 Å². The first kappa shape index (κ1) is 18.2. The monoisotopic (exact) mass is 373 g/mol. The van der Waals surface area contributed by atoms with Gasteiger partial charge >= 0.3 is 0 Å². The number of rotatable bonds is 6. The molecule has 1 aromatic heterocycles. The van der Waals surface area contributed by atoms with Gasteiger partial charge in [-0.15, -0.1) is 0 Å². The van der Waals surface area contributed by atoms with Crippen molar-refractivity contribution in [1.82, 2.24) is 9.97 Å². The summed E-state index contributed by atoms with van der Waals surface area (Å²) < 4.78 is 5.22. The Labute approximate surface area is 164 Å². The van der Waals surface area contributed by atoms with Gasteiger partial charge in [-0.2, -0.15) is 0 Å². The molecular formula is C23H23N3O2. The van der Waals surface area contributed by atoms with Gasteiger partial charge in [0.25, 0.3) is 0 Å². The number of nitrogens with one attached hydrogen (secondary N) is 1. The van der Waals surface area contributed by atoms with Gasteiger partial charge in [-0.3, -0.25) is 4.79 Å². The predicted octanol–water partition coefficient (Wildman–Crippen LogP) is 4.05. The Morgan fingerprint density at radius 3 is 2.61 bits per heavy atom. The van der Waals surface area contributed by atoms with Crippen molar-refractivity contribution in [2.24, 2.45) is 0 Å². The first-order valence-corrected chi connectivity index (χ1v) is 9.54. The molecule has 0 spiro atoms. The third-order valence-corrected chi connectivity index (χ3v) is 5.17. The quantitative estimate of drug-likeness (QED) is 0.706. The smallest absolute Gasteiger partial charge is 0.222 e. The molecule has 3 aromatic rings. The van der Waals surface area contributed by atoms with Gasteiger partial charge in [0.1, 0.15) is 5.75 Å². The SMILES string of the molecule is COc1ccc([C@@H]2CC(=O)c3cnc(NCCc4ccccc4)nc3C2)cc1. The number of nitrogens with zero attached hydrogens (tertiary/aromatic N) is 2. The number of methoxy groups -OCH3 is 1. The number of ether oxygens (including phenoxy) is 1. The average Bonchev–Trinajstić information content (AvgIpc) is 2.74. The highest BCUT2D eigenvalue weighted by atomic mass is 16.5. The van der Waals surface area contributed by atoms with Crippen LogP contribution in [0.5, 0.6) is 5.75 Å². The molecule has 0 amide bonds. The van der Waals surface area contributed by atoms with Crippen molar-refractivity contribution >= 4 is 11.7 Å². The van der Waals surface area contributed by atoms with E-state index in [0.29, 0.717) is 17.9 Å². The minimum Gasteiger partial charge on any atom is -0.497 e. The van der Waals surface area contributed by atoms with Crippen LogP contribution in [0.2, 0.25) is 0 Å². The number of fused-ring (bicyclic) bond motifs is 1. The lowest BCUT2D eigenvalue weighted by Crippen LogP contribution is -2.21. The molecule has 2 aromatic carbocycles. The lowest BCUT2D eigenvalue weighted by molar-refractivity contribution is 0.0962. The van der Waals surface area contributed by atoms with Gasteiger partial charge in [0, 0.05) is 19.2 Å². The number of Topliss-reactive ketones (excluding diaryl/α,β-unsaturated/α-hetero) is 1. The Hall–Kier alpha value is -3.21. The van der Waals surface area contributed by atoms with Gasteiger partial charge in [0.05, 0.1) is 18.4 Å². The molecule has 1 aliphatic rings. The fourth-order valence-electron chi connectivity index (χ4n) is 3.61. The van der Waals surface area contributed by atoms with Crippen LogP contribution >= 0.6 is 0 Å². The minimum atomic E-state index is 0.109. The van der Waals surface area contributed by atoms with E-state index in [-0.39, 0.29) is 11.7 Å². The van der Waals surface area contributed by atoms with Crippen molar-refractivity contribution in [2.75, 3.05) is 19.0 Å². The fourth-order valence-corrected chi connectivity index (χ4v) is 3.61. The molecular weight excluding hydrogens is 350 g/mol. The average molecular weight is 373 g/mol. The van der Waals surface area contributed by atoms with Crippen LogP contribution in [0.25, 0.3) is 0 Å². The third kappa shape index (κ3) is 4.03. The third-order valence-electron chi connectivity index (χ3n) is 5.17. The zero-order valence-corrected chi connectivity index (χ0v) is 15.9. The standard InChI is InChI=1S/C23H23N3O2/c1-28-19-9-7-17(8-10-19)18-13-21-20(22(27)14-18)15-25-23(26-21)24-12-11-16-5-3-2-4-6-16/h2-10,15,18H,11-14H2,1H3,(H,24,25,26)/t18-/m0/s1. The molecule has 1 atom stereocenters. The predicted molar refractivity (Wildman–Crippen MR) is 109 cm³/mol. The molecule has 1 heterocycles. The van der Waals surface area contributed by atoms with Crippen molar-refractivity contribution in [3.8, 4) is 5.75 Å². The second kappa shape index (κ2) is 8.21. The van der Waals surface area contributed by atoms with E-state index < -0.39 is 0 Å². The maximum Gasteiger partial charge on any atom is 0.222 e. The summed E-state index contributed by atoms with van der Waals surface area (Å²) in [6.45, 7) is 0.749. The second-order valence-corrected chi connectivity index (χ2v) is 7.02. The van der Waals surface area contributed by atoms with Gasteiger partial charge in [-0.05, 0) is 42.0 Å². The molecule has 0 saturated carbocycles. The summed E-state index contributed by atoms with van der Waals surface area (Å²) in [5.74, 6) is 1.65. The van der Waals surface area contributed by atoms with Gasteiger partial charge < -0.3 is 10.1 Å². The summed E-state index contributed by atoms with van der Waals surface area (Å²) in [6.07, 6.45) is 3.79. The topological polar surface area (TPSA) is 64.1 Å². The van der Waals surface area contributed by atoms with Crippen LogP contribution in [0.3, 0.4) is 0 Å². The molecule has 0 saturated heterocycles. The van der Waals surface area contributed by atoms with E-state index in [9.17, 15) is 4.79 Å². The number of hydrogen-bond donors (Lipinski definition) is 1. The molecule has 0 unspecified atom stereocenters. The lowest BCUT2D eigenvalue weighted by Gasteiger charge is -2.23. The van der Waals surface area contributed by atoms with Crippen molar-refractivity contribution in [3.63, 3.8) is 0 Å². The summed E-state index contributed by atoms with van der Waals surface area (Å²) in [5.41, 5.74) is 3.88. The Morgan fingerprint density at radius 2 is 1.86 bits per heavy atom. The Morgan fingerprint density at radius 1 is 1.07 bits per heavy atom. The van der Waals surface area contributed by atoms with Crippen molar-refractivity contribution in [1.29, 1.82) is 0 Å². The minimum absolute atomic E-state index is 0.109. The van der Waals surface area contributed by atoms with Crippen molar-refractivity contribution in [2.45, 2.75) is 25.2 Å². The van der Waals surface area contributed by atoms with Crippen LogP contribution in [0.1, 0.15) is 39.5 Å². The molecule has 0 fully saturated rings. The van der Waals surface area contributed by atoms with Gasteiger partial charge in [0.15, 0.2) is 5.78 Å². The number of anilines is 1. The summed E-state index contributed by atoms with van der Waals surface area (Å²) in [7, 11) is 1.65. The number of carbonyl (C=O) groups is 1. The summed E-state index contributed by atoms with van der Waals surface area (Å²) in [4.78, 5) is 21.5. The van der Waals surface area contributed by atoms with E-state index in [1.165, 1.54) is 5.56 Å². The Balaban J connectivity index is 1.46. The first-order chi connectivity index (χ1) is 13.7. The molecule has 0 bridgehead atoms. The normalized spacial score (nSPS) is 15.8. The van der Waals surface area contributed by atoms with Crippen molar-refractivity contribution in [3.05, 3.63) is 83.2 Å². The van der Waals surface area contributed by atoms with Gasteiger partial charge in [-0.25, -0.2) is 9.97 Å². The number of hydrogen-bond acceptors (Lipinski definition) is 5. The summed E-state index contributed by atoms with van der Waals surface area (Å²) in [5, 5.41) is 3.28. The molecule has 1 aliphatic carbocycles. The highest BCUT2D eigenvalue weighted by Crippen LogP contribution is 2.32. The van der Waals surface area contributed by atoms with Crippen LogP contribution < -0.4 is 10.1 Å². The van der Waals surface area contributed by atoms with Crippen LogP contribution in [-0.2, 0) is 12.8 Å². The van der Waals surface area contributed by atoms with E-state index in [4.69, 9.17) is 4.74 Å². The van der Waals surface area contributed by atoms with Crippen LogP contribution in [0.15, 0.2) is 60.8 Å². The number of benzene rings is 2. The zero-order valence-electron chi connectivity index (χ0n) is 15.9. The van der Waals surface area contributed by atoms with E-state index in [0.717, 1.165) is 36.4 Å². The van der Waals surface area contributed by atoms with E-state index in [1.807, 2.05) is 42.5 Å². The van der Waals surface area contributed by atoms with E-state index >= 15 is 0 Å². The lowest BCUT2D eigenvalue weighted by atomic mass is 9.82. The maximum atomic E-state index is 12.6. The van der Waals surface area contributed by atoms with Crippen LogP contribution in [-0.4, -0.2) is 29.4 Å². The number of carbonyl (C=O) groups excluding carboxylic acids is 1. The largest absolute Gasteiger partial charge is 0.497 e. The molecule has 4 rings (SSSR count). The Bertz CT molecular complexity index is 955. The number of aromatic nitrogens is 2. The summed E-state index contributed by atoms with van der Waals surface area (Å²) >= 11 is 0. The highest BCUT2D eigenvalue weighted by Gasteiger charge is 2.28. The molecule has 142 valence electrons. The highest BCUT2D eigenvalue weighted by molar-refractivity contribution is 5.98. The number of ketones is 1. The van der Waals surface area contributed by atoms with Crippen LogP contribution in [0, 0.1) is 0 Å². The van der Waals surface area contributed by atoms with E-state index in [1.54, 1.807) is 13.3 Å². The van der Waals surface area contributed by atoms with E-state index in [2.05, 4.69) is 27.4 Å². The first-order valence-electron chi connectivity index (χ1n) is 9.54. The fraction of sp³-hybridized carbons (Fsp3) is 0.261. The summed E-state index contributed by atoms with van der Waals surface area (Å²) in [6, 6.07) is 18.2. The molecule has 0 aliphatic heterocycles. The van der Waals surface area contributed by atoms with Gasteiger partial charge in [0.2, 0.25) is 5.95 Å². The molecule has 0 radical (unpaired) electrons. The molecule has 1 N–H and O–H groups in total. The van der Waals surface area contributed by atoms with Crippen molar-refractivity contribution < 1.29 is 9.53 Å². The molecule has 28 heavy (non-hydrogen) atoms.